The highest BCUT2D eigenvalue weighted by molar-refractivity contribution is 7.10. The maximum Gasteiger partial charge on any atom is 0.226 e. The van der Waals surface area contributed by atoms with Crippen LogP contribution in [-0.2, 0) is 9.59 Å². The van der Waals surface area contributed by atoms with Crippen molar-refractivity contribution >= 4 is 23.2 Å². The summed E-state index contributed by atoms with van der Waals surface area (Å²) >= 11 is 1.60. The number of amides is 2. The number of carbonyl (C=O) groups is 2. The van der Waals surface area contributed by atoms with Crippen molar-refractivity contribution in [2.24, 2.45) is 5.92 Å². The number of hydrogen-bond acceptors (Lipinski definition) is 3. The van der Waals surface area contributed by atoms with Crippen LogP contribution in [0.25, 0.3) is 0 Å². The number of nitrogens with zero attached hydrogens (tertiary/aromatic N) is 1. The SMILES string of the molecule is CCCNC(=O)[C@@H]1CC(=O)N(C)[C@@H]1c1cccs1. The van der Waals surface area contributed by atoms with Gasteiger partial charge in [-0.15, -0.1) is 11.3 Å². The van der Waals surface area contributed by atoms with Gasteiger partial charge in [-0.1, -0.05) is 13.0 Å². The molecule has 0 spiro atoms. The molecule has 1 aliphatic heterocycles. The average molecular weight is 266 g/mol. The van der Waals surface area contributed by atoms with Crippen molar-refractivity contribution < 1.29 is 9.59 Å². The van der Waals surface area contributed by atoms with Crippen molar-refractivity contribution in [3.63, 3.8) is 0 Å². The zero-order valence-corrected chi connectivity index (χ0v) is 11.5. The molecule has 0 bridgehead atoms. The Labute approximate surface area is 111 Å². The predicted octanol–water partition coefficient (Wildman–Crippen LogP) is 1.79. The van der Waals surface area contributed by atoms with Gasteiger partial charge >= 0.3 is 0 Å². The summed E-state index contributed by atoms with van der Waals surface area (Å²) in [5.41, 5.74) is 0. The lowest BCUT2D eigenvalue weighted by molar-refractivity contribution is -0.128. The van der Waals surface area contributed by atoms with Gasteiger partial charge in [0.2, 0.25) is 11.8 Å². The van der Waals surface area contributed by atoms with E-state index in [9.17, 15) is 9.59 Å². The minimum atomic E-state index is -0.257. The molecule has 0 radical (unpaired) electrons. The molecule has 0 saturated carbocycles. The van der Waals surface area contributed by atoms with Gasteiger partial charge in [0, 0.05) is 24.9 Å². The van der Waals surface area contributed by atoms with Crippen molar-refractivity contribution in [3.8, 4) is 0 Å². The molecular formula is C13H18N2O2S. The topological polar surface area (TPSA) is 49.4 Å². The summed E-state index contributed by atoms with van der Waals surface area (Å²) in [7, 11) is 1.78. The van der Waals surface area contributed by atoms with E-state index < -0.39 is 0 Å². The molecular weight excluding hydrogens is 248 g/mol. The van der Waals surface area contributed by atoms with Crippen LogP contribution in [0.1, 0.15) is 30.7 Å². The van der Waals surface area contributed by atoms with E-state index in [-0.39, 0.29) is 23.8 Å². The van der Waals surface area contributed by atoms with Crippen LogP contribution in [-0.4, -0.2) is 30.3 Å². The smallest absolute Gasteiger partial charge is 0.226 e. The number of carbonyl (C=O) groups excluding carboxylic acids is 2. The number of likely N-dealkylation sites (tertiary alicyclic amines) is 1. The second-order valence-electron chi connectivity index (χ2n) is 4.57. The van der Waals surface area contributed by atoms with E-state index >= 15 is 0 Å². The van der Waals surface area contributed by atoms with Crippen LogP contribution in [0.3, 0.4) is 0 Å². The maximum atomic E-state index is 12.1. The Morgan fingerprint density at radius 3 is 3.00 bits per heavy atom. The molecule has 4 nitrogen and oxygen atoms in total. The van der Waals surface area contributed by atoms with E-state index in [0.29, 0.717) is 13.0 Å². The fourth-order valence-electron chi connectivity index (χ4n) is 2.33. The van der Waals surface area contributed by atoms with Gasteiger partial charge in [-0.2, -0.15) is 0 Å². The van der Waals surface area contributed by atoms with Crippen LogP contribution < -0.4 is 5.32 Å². The molecule has 5 heteroatoms. The van der Waals surface area contributed by atoms with E-state index in [1.165, 1.54) is 0 Å². The van der Waals surface area contributed by atoms with E-state index in [2.05, 4.69) is 5.32 Å². The van der Waals surface area contributed by atoms with Gasteiger partial charge in [0.25, 0.3) is 0 Å². The Morgan fingerprint density at radius 1 is 1.61 bits per heavy atom. The minimum absolute atomic E-state index is 0.00653. The van der Waals surface area contributed by atoms with Gasteiger partial charge in [0.05, 0.1) is 12.0 Å². The molecule has 1 aromatic heterocycles. The van der Waals surface area contributed by atoms with Crippen molar-refractivity contribution in [2.75, 3.05) is 13.6 Å². The first kappa shape index (κ1) is 13.1. The van der Waals surface area contributed by atoms with Gasteiger partial charge in [0.15, 0.2) is 0 Å². The first-order chi connectivity index (χ1) is 8.65. The molecule has 2 rings (SSSR count). The normalized spacial score (nSPS) is 23.4. The van der Waals surface area contributed by atoms with Gasteiger partial charge in [0.1, 0.15) is 0 Å². The van der Waals surface area contributed by atoms with Crippen LogP contribution in [0, 0.1) is 5.92 Å². The van der Waals surface area contributed by atoms with Crippen LogP contribution >= 0.6 is 11.3 Å². The highest BCUT2D eigenvalue weighted by Gasteiger charge is 2.42. The Hall–Kier alpha value is -1.36. The maximum absolute atomic E-state index is 12.1. The summed E-state index contributed by atoms with van der Waals surface area (Å²) in [6.07, 6.45) is 1.22. The summed E-state index contributed by atoms with van der Waals surface area (Å²) in [6.45, 7) is 2.69. The van der Waals surface area contributed by atoms with Crippen molar-refractivity contribution in [1.29, 1.82) is 0 Å². The first-order valence-corrected chi connectivity index (χ1v) is 7.10. The number of rotatable bonds is 4. The van der Waals surface area contributed by atoms with Crippen molar-refractivity contribution in [2.45, 2.75) is 25.8 Å². The molecule has 0 unspecified atom stereocenters. The highest BCUT2D eigenvalue weighted by Crippen LogP contribution is 2.38. The number of thiophene rings is 1. The summed E-state index contributed by atoms with van der Waals surface area (Å²) < 4.78 is 0. The third kappa shape index (κ3) is 2.41. The monoisotopic (exact) mass is 266 g/mol. The van der Waals surface area contributed by atoms with Crippen LogP contribution in [0.15, 0.2) is 17.5 Å². The Kier molecular flexibility index (Phi) is 4.01. The zero-order chi connectivity index (χ0) is 13.1. The molecule has 1 fully saturated rings. The Balaban J connectivity index is 2.18. The zero-order valence-electron chi connectivity index (χ0n) is 10.7. The lowest BCUT2D eigenvalue weighted by atomic mass is 9.98. The molecule has 18 heavy (non-hydrogen) atoms. The van der Waals surface area contributed by atoms with Gasteiger partial charge in [-0.25, -0.2) is 0 Å². The fourth-order valence-corrected chi connectivity index (χ4v) is 3.27. The summed E-state index contributed by atoms with van der Waals surface area (Å²) in [5, 5.41) is 4.87. The number of nitrogens with one attached hydrogen (secondary N) is 1. The molecule has 2 heterocycles. The summed E-state index contributed by atoms with van der Waals surface area (Å²) in [6, 6.07) is 3.84. The van der Waals surface area contributed by atoms with Gasteiger partial charge < -0.3 is 10.2 Å². The Bertz CT molecular complexity index is 430. The molecule has 1 aromatic rings. The largest absolute Gasteiger partial charge is 0.356 e. The van der Waals surface area contributed by atoms with Crippen molar-refractivity contribution in [1.82, 2.24) is 10.2 Å². The number of hydrogen-bond donors (Lipinski definition) is 1. The quantitative estimate of drug-likeness (QED) is 0.903. The molecule has 98 valence electrons. The molecule has 1 N–H and O–H groups in total. The van der Waals surface area contributed by atoms with Gasteiger partial charge in [-0.3, -0.25) is 9.59 Å². The summed E-state index contributed by atoms with van der Waals surface area (Å²) in [4.78, 5) is 26.7. The Morgan fingerprint density at radius 2 is 2.39 bits per heavy atom. The minimum Gasteiger partial charge on any atom is -0.356 e. The van der Waals surface area contributed by atoms with Gasteiger partial charge in [-0.05, 0) is 17.9 Å². The third-order valence-corrected chi connectivity index (χ3v) is 4.25. The lowest BCUT2D eigenvalue weighted by Crippen LogP contribution is -2.34. The highest BCUT2D eigenvalue weighted by atomic mass is 32.1. The molecule has 0 aliphatic carbocycles. The van der Waals surface area contributed by atoms with E-state index in [4.69, 9.17) is 0 Å². The van der Waals surface area contributed by atoms with E-state index in [1.807, 2.05) is 24.4 Å². The van der Waals surface area contributed by atoms with Crippen molar-refractivity contribution in [3.05, 3.63) is 22.4 Å². The molecule has 1 saturated heterocycles. The molecule has 2 amide bonds. The first-order valence-electron chi connectivity index (χ1n) is 6.22. The van der Waals surface area contributed by atoms with Crippen LogP contribution in [0.2, 0.25) is 0 Å². The molecule has 0 aromatic carbocycles. The second kappa shape index (κ2) is 5.52. The average Bonchev–Trinajstić information content (AvgIpc) is 2.96. The van der Waals surface area contributed by atoms with Crippen LogP contribution in [0.4, 0.5) is 0 Å². The molecule has 1 aliphatic rings. The standard InChI is InChI=1S/C13H18N2O2S/c1-3-6-14-13(17)9-8-11(16)15(2)12(9)10-5-4-7-18-10/h4-5,7,9,12H,3,6,8H2,1-2H3,(H,14,17)/t9-,12+/m1/s1. The van der Waals surface area contributed by atoms with E-state index in [1.54, 1.807) is 23.3 Å². The summed E-state index contributed by atoms with van der Waals surface area (Å²) in [5.74, 6) is -0.217. The van der Waals surface area contributed by atoms with E-state index in [0.717, 1.165) is 11.3 Å². The second-order valence-corrected chi connectivity index (χ2v) is 5.55. The van der Waals surface area contributed by atoms with Crippen LogP contribution in [0.5, 0.6) is 0 Å². The fraction of sp³-hybridized carbons (Fsp3) is 0.538. The third-order valence-electron chi connectivity index (χ3n) is 3.31. The molecule has 2 atom stereocenters. The predicted molar refractivity (Wildman–Crippen MR) is 71.2 cm³/mol. The lowest BCUT2D eigenvalue weighted by Gasteiger charge is -2.23.